The van der Waals surface area contributed by atoms with Crippen LogP contribution >= 0.6 is 0 Å². The van der Waals surface area contributed by atoms with Crippen molar-refractivity contribution in [1.29, 1.82) is 5.26 Å². The molecule has 0 spiro atoms. The van der Waals surface area contributed by atoms with E-state index in [0.717, 1.165) is 99.5 Å². The highest BCUT2D eigenvalue weighted by Gasteiger charge is 2.31. The summed E-state index contributed by atoms with van der Waals surface area (Å²) >= 11 is 0. The number of nitrogens with one attached hydrogen (secondary N) is 2. The summed E-state index contributed by atoms with van der Waals surface area (Å²) < 4.78 is 1.96. The van der Waals surface area contributed by atoms with Crippen LogP contribution in [0, 0.1) is 23.2 Å². The van der Waals surface area contributed by atoms with Crippen LogP contribution < -0.4 is 15.5 Å². The van der Waals surface area contributed by atoms with E-state index in [-0.39, 0.29) is 17.7 Å². The van der Waals surface area contributed by atoms with E-state index in [1.54, 1.807) is 0 Å². The van der Waals surface area contributed by atoms with Crippen LogP contribution in [-0.2, 0) is 4.79 Å². The highest BCUT2D eigenvalue weighted by Crippen LogP contribution is 2.32. The van der Waals surface area contributed by atoms with Gasteiger partial charge in [0.1, 0.15) is 0 Å². The number of nitrogens with zero attached hydrogens (tertiary/aromatic N) is 5. The molecule has 2 aliphatic rings. The maximum atomic E-state index is 13.1. The third-order valence-corrected chi connectivity index (χ3v) is 7.78. The van der Waals surface area contributed by atoms with Gasteiger partial charge in [-0.3, -0.25) is 4.79 Å². The Morgan fingerprint density at radius 3 is 2.49 bits per heavy atom. The Labute approximate surface area is 219 Å². The SMILES string of the molecule is CCNCCNc1ccc(-c2cc3c(N4CCN(C(=O)[C@H]5CC[C@H](C#N)CC5)CC4)ccnn3c2)cc1. The zero-order valence-electron chi connectivity index (χ0n) is 21.7. The molecule has 0 bridgehead atoms. The lowest BCUT2D eigenvalue weighted by Crippen LogP contribution is -2.50. The van der Waals surface area contributed by atoms with Crippen molar-refractivity contribution in [3.8, 4) is 17.2 Å². The molecule has 1 aromatic carbocycles. The number of rotatable bonds is 8. The van der Waals surface area contributed by atoms with Crippen molar-refractivity contribution in [2.75, 3.05) is 56.0 Å². The number of hydrogen-bond acceptors (Lipinski definition) is 6. The Balaban J connectivity index is 1.22. The molecule has 2 fully saturated rings. The van der Waals surface area contributed by atoms with E-state index in [1.165, 1.54) is 0 Å². The Morgan fingerprint density at radius 2 is 1.78 bits per heavy atom. The molecular weight excluding hydrogens is 462 g/mol. The van der Waals surface area contributed by atoms with Crippen LogP contribution in [0.25, 0.3) is 16.6 Å². The van der Waals surface area contributed by atoms with Crippen molar-refractivity contribution in [3.63, 3.8) is 0 Å². The van der Waals surface area contributed by atoms with Crippen molar-refractivity contribution in [2.45, 2.75) is 32.6 Å². The van der Waals surface area contributed by atoms with E-state index in [4.69, 9.17) is 5.26 Å². The predicted octanol–water partition coefficient (Wildman–Crippen LogP) is 4.00. The van der Waals surface area contributed by atoms with Gasteiger partial charge in [0.15, 0.2) is 0 Å². The average molecular weight is 500 g/mol. The standard InChI is InChI=1S/C29H37N7O/c1-2-31-13-14-32-26-9-7-23(8-10-26)25-19-28-27(11-12-33-36(28)21-25)34-15-17-35(18-16-34)29(37)24-5-3-22(20-30)4-6-24/h7-12,19,21-22,24,31-32H,2-6,13-18H2,1H3/t22-,24-. The summed E-state index contributed by atoms with van der Waals surface area (Å²) in [5.74, 6) is 0.497. The number of fused-ring (bicyclic) bond motifs is 1. The van der Waals surface area contributed by atoms with Crippen LogP contribution in [0.1, 0.15) is 32.6 Å². The number of hydrogen-bond donors (Lipinski definition) is 2. The molecule has 8 heteroatoms. The van der Waals surface area contributed by atoms with Gasteiger partial charge in [0.2, 0.25) is 5.91 Å². The van der Waals surface area contributed by atoms with Crippen molar-refractivity contribution >= 4 is 22.8 Å². The molecule has 0 radical (unpaired) electrons. The number of carbonyl (C=O) groups excluding carboxylic acids is 1. The summed E-state index contributed by atoms with van der Waals surface area (Å²) in [4.78, 5) is 17.5. The van der Waals surface area contributed by atoms with Crippen molar-refractivity contribution < 1.29 is 4.79 Å². The minimum absolute atomic E-state index is 0.0894. The first-order valence-electron chi connectivity index (χ1n) is 13.6. The van der Waals surface area contributed by atoms with Gasteiger partial charge in [-0.15, -0.1) is 0 Å². The fraction of sp³-hybridized carbons (Fsp3) is 0.483. The van der Waals surface area contributed by atoms with E-state index >= 15 is 0 Å². The number of aromatic nitrogens is 2. The fourth-order valence-electron chi connectivity index (χ4n) is 5.57. The molecule has 8 nitrogen and oxygen atoms in total. The Hall–Kier alpha value is -3.57. The normalized spacial score (nSPS) is 20.1. The summed E-state index contributed by atoms with van der Waals surface area (Å²) in [5, 5.41) is 20.5. The molecule has 0 atom stereocenters. The summed E-state index contributed by atoms with van der Waals surface area (Å²) in [7, 11) is 0. The number of piperazine rings is 1. The third-order valence-electron chi connectivity index (χ3n) is 7.78. The van der Waals surface area contributed by atoms with Gasteiger partial charge in [0.05, 0.1) is 17.3 Å². The number of likely N-dealkylation sites (N-methyl/N-ethyl adjacent to an activating group) is 1. The highest BCUT2D eigenvalue weighted by molar-refractivity contribution is 5.81. The minimum Gasteiger partial charge on any atom is -0.384 e. The first-order valence-corrected chi connectivity index (χ1v) is 13.6. The molecule has 2 N–H and O–H groups in total. The maximum absolute atomic E-state index is 13.1. The van der Waals surface area contributed by atoms with Crippen molar-refractivity contribution in [3.05, 3.63) is 48.8 Å². The van der Waals surface area contributed by atoms with Gasteiger partial charge in [-0.2, -0.15) is 10.4 Å². The summed E-state index contributed by atoms with van der Waals surface area (Å²) in [6.45, 7) is 8.05. The molecule has 0 unspecified atom stereocenters. The molecule has 1 aliphatic heterocycles. The van der Waals surface area contributed by atoms with Crippen LogP contribution in [0.15, 0.2) is 48.8 Å². The first kappa shape index (κ1) is 25.1. The molecular formula is C29H37N7O. The summed E-state index contributed by atoms with van der Waals surface area (Å²) in [6, 6.07) is 15.2. The number of carbonyl (C=O) groups is 1. The second-order valence-electron chi connectivity index (χ2n) is 10.1. The van der Waals surface area contributed by atoms with Crippen LogP contribution in [0.4, 0.5) is 11.4 Å². The fourth-order valence-corrected chi connectivity index (χ4v) is 5.57. The highest BCUT2D eigenvalue weighted by atomic mass is 16.2. The first-order chi connectivity index (χ1) is 18.2. The smallest absolute Gasteiger partial charge is 0.225 e. The van der Waals surface area contributed by atoms with Gasteiger partial charge >= 0.3 is 0 Å². The van der Waals surface area contributed by atoms with E-state index in [1.807, 2.05) is 15.6 Å². The van der Waals surface area contributed by atoms with Crippen LogP contribution in [0.2, 0.25) is 0 Å². The largest absolute Gasteiger partial charge is 0.384 e. The molecule has 1 aliphatic carbocycles. The molecule has 1 saturated heterocycles. The third kappa shape index (κ3) is 5.72. The summed E-state index contributed by atoms with van der Waals surface area (Å²) in [5.41, 5.74) is 5.66. The lowest BCUT2D eigenvalue weighted by atomic mass is 9.82. The second-order valence-corrected chi connectivity index (χ2v) is 10.1. The number of anilines is 2. The lowest BCUT2D eigenvalue weighted by molar-refractivity contribution is -0.137. The number of amides is 1. The van der Waals surface area contributed by atoms with Gasteiger partial charge in [0, 0.05) is 74.7 Å². The van der Waals surface area contributed by atoms with Crippen LogP contribution in [0.5, 0.6) is 0 Å². The minimum atomic E-state index is 0.0894. The molecule has 1 amide bonds. The van der Waals surface area contributed by atoms with E-state index in [2.05, 4.69) is 76.2 Å². The topological polar surface area (TPSA) is 88.7 Å². The predicted molar refractivity (Wildman–Crippen MR) is 148 cm³/mol. The Morgan fingerprint density at radius 1 is 1.03 bits per heavy atom. The summed E-state index contributed by atoms with van der Waals surface area (Å²) in [6.07, 6.45) is 7.35. The molecule has 5 rings (SSSR count). The lowest BCUT2D eigenvalue weighted by Gasteiger charge is -2.38. The Kier molecular flexibility index (Phi) is 7.90. The monoisotopic (exact) mass is 499 g/mol. The molecule has 194 valence electrons. The second kappa shape index (κ2) is 11.7. The number of benzene rings is 1. The average Bonchev–Trinajstić information content (AvgIpc) is 3.40. The number of nitriles is 1. The molecule has 3 aromatic rings. The van der Waals surface area contributed by atoms with Crippen molar-refractivity contribution in [1.82, 2.24) is 19.8 Å². The van der Waals surface area contributed by atoms with Gasteiger partial charge in [-0.1, -0.05) is 19.1 Å². The zero-order chi connectivity index (χ0) is 25.6. The molecule has 3 heterocycles. The van der Waals surface area contributed by atoms with Gasteiger partial charge in [-0.25, -0.2) is 4.52 Å². The molecule has 37 heavy (non-hydrogen) atoms. The van der Waals surface area contributed by atoms with Gasteiger partial charge < -0.3 is 20.4 Å². The van der Waals surface area contributed by atoms with Crippen LogP contribution in [-0.4, -0.2) is 66.2 Å². The maximum Gasteiger partial charge on any atom is 0.225 e. The van der Waals surface area contributed by atoms with E-state index < -0.39 is 0 Å². The Bertz CT molecular complexity index is 1230. The quantitative estimate of drug-likeness (QED) is 0.456. The molecule has 2 aromatic heterocycles. The van der Waals surface area contributed by atoms with Crippen molar-refractivity contribution in [2.24, 2.45) is 11.8 Å². The van der Waals surface area contributed by atoms with E-state index in [9.17, 15) is 4.79 Å². The van der Waals surface area contributed by atoms with E-state index in [0.29, 0.717) is 0 Å². The zero-order valence-corrected chi connectivity index (χ0v) is 21.7. The van der Waals surface area contributed by atoms with Gasteiger partial charge in [-0.05, 0) is 62.1 Å². The van der Waals surface area contributed by atoms with Crippen LogP contribution in [0.3, 0.4) is 0 Å². The van der Waals surface area contributed by atoms with Gasteiger partial charge in [0.25, 0.3) is 0 Å². The molecule has 1 saturated carbocycles.